The van der Waals surface area contributed by atoms with Crippen LogP contribution in [0.2, 0.25) is 0 Å². The van der Waals surface area contributed by atoms with E-state index in [1.165, 1.54) is 12.1 Å². The Labute approximate surface area is 228 Å². The fourth-order valence-corrected chi connectivity index (χ4v) is 5.27. The van der Waals surface area contributed by atoms with Crippen LogP contribution in [0.1, 0.15) is 19.4 Å². The van der Waals surface area contributed by atoms with Gasteiger partial charge in [0.1, 0.15) is 24.8 Å². The summed E-state index contributed by atoms with van der Waals surface area (Å²) in [5.74, 6) is 0.0148. The highest BCUT2D eigenvalue weighted by atomic mass is 32.2. The Hall–Kier alpha value is -4.37. The van der Waals surface area contributed by atoms with Crippen molar-refractivity contribution in [3.8, 4) is 22.8 Å². The number of hydrogen-bond donors (Lipinski definition) is 1. The van der Waals surface area contributed by atoms with Crippen LogP contribution in [-0.4, -0.2) is 28.9 Å². The summed E-state index contributed by atoms with van der Waals surface area (Å²) >= 11 is 0.886. The number of carbonyl (C=O) groups excluding carboxylic acids is 2. The number of aromatic nitrogens is 1. The van der Waals surface area contributed by atoms with Crippen LogP contribution in [0.15, 0.2) is 82.5 Å². The first-order valence-corrected chi connectivity index (χ1v) is 13.2. The number of para-hydroxylation sites is 1. The number of allylic oxidation sites excluding steroid dienone is 1. The predicted octanol–water partition coefficient (Wildman–Crippen LogP) is 6.00. The smallest absolute Gasteiger partial charge is 0.290 e. The molecule has 7 nitrogen and oxygen atoms in total. The molecule has 0 atom stereocenters. The number of aryl methyl sites for hydroxylation is 1. The Kier molecular flexibility index (Phi) is 7.51. The van der Waals surface area contributed by atoms with Crippen LogP contribution < -0.4 is 20.2 Å². The van der Waals surface area contributed by atoms with E-state index < -0.39 is 5.91 Å². The zero-order valence-corrected chi connectivity index (χ0v) is 22.1. The maximum Gasteiger partial charge on any atom is 0.290 e. The van der Waals surface area contributed by atoms with E-state index in [9.17, 15) is 18.8 Å². The fourth-order valence-electron chi connectivity index (χ4n) is 4.53. The van der Waals surface area contributed by atoms with Gasteiger partial charge in [0.15, 0.2) is 5.75 Å². The topological polar surface area (TPSA) is 86.6 Å². The standard InChI is InChI=1S/C30H25FN2O5S/c1-3-33-24-7-5-4-6-23(24)26(34)27(25(33)20-8-12-21(31)13-9-20)38-17-16-37-22-14-10-19(11-15-22)18(2)28-29(35)32-30(36)39-28/h4-15H,3,16-17H2,1-2H3,(H,32,35,36). The number of imide groups is 1. The Morgan fingerprint density at radius 1 is 0.923 bits per heavy atom. The van der Waals surface area contributed by atoms with Gasteiger partial charge in [0.25, 0.3) is 11.1 Å². The Morgan fingerprint density at radius 2 is 1.62 bits per heavy atom. The molecular formula is C30H25FN2O5S. The minimum absolute atomic E-state index is 0.106. The van der Waals surface area contributed by atoms with Gasteiger partial charge in [-0.2, -0.15) is 0 Å². The maximum atomic E-state index is 13.7. The van der Waals surface area contributed by atoms with Crippen molar-refractivity contribution >= 4 is 39.4 Å². The maximum absolute atomic E-state index is 13.7. The molecule has 3 aromatic carbocycles. The zero-order valence-electron chi connectivity index (χ0n) is 21.3. The molecular weight excluding hydrogens is 519 g/mol. The summed E-state index contributed by atoms with van der Waals surface area (Å²) in [5, 5.41) is 2.42. The van der Waals surface area contributed by atoms with E-state index in [0.29, 0.717) is 39.4 Å². The second-order valence-corrected chi connectivity index (χ2v) is 9.78. The van der Waals surface area contributed by atoms with E-state index in [1.807, 2.05) is 41.8 Å². The molecule has 0 unspecified atom stereocenters. The van der Waals surface area contributed by atoms with Gasteiger partial charge in [-0.25, -0.2) is 4.39 Å². The molecule has 0 radical (unpaired) electrons. The molecule has 9 heteroatoms. The van der Waals surface area contributed by atoms with Gasteiger partial charge in [0.2, 0.25) is 5.43 Å². The van der Waals surface area contributed by atoms with Crippen molar-refractivity contribution in [2.24, 2.45) is 0 Å². The fraction of sp³-hybridized carbons (Fsp3) is 0.167. The number of fused-ring (bicyclic) bond motifs is 1. The highest BCUT2D eigenvalue weighted by Crippen LogP contribution is 2.33. The number of hydrogen-bond acceptors (Lipinski definition) is 6. The lowest BCUT2D eigenvalue weighted by atomic mass is 10.1. The van der Waals surface area contributed by atoms with Crippen molar-refractivity contribution < 1.29 is 23.5 Å². The molecule has 1 saturated heterocycles. The first-order valence-electron chi connectivity index (χ1n) is 12.4. The number of nitrogens with one attached hydrogen (secondary N) is 1. The molecule has 2 heterocycles. The van der Waals surface area contributed by atoms with Crippen molar-refractivity contribution in [1.82, 2.24) is 9.88 Å². The predicted molar refractivity (Wildman–Crippen MR) is 150 cm³/mol. The lowest BCUT2D eigenvalue weighted by molar-refractivity contribution is -0.115. The van der Waals surface area contributed by atoms with Crippen LogP contribution in [-0.2, 0) is 11.3 Å². The number of halogens is 1. The molecule has 1 fully saturated rings. The van der Waals surface area contributed by atoms with E-state index in [2.05, 4.69) is 5.32 Å². The lowest BCUT2D eigenvalue weighted by Crippen LogP contribution is -2.19. The van der Waals surface area contributed by atoms with Gasteiger partial charge in [-0.1, -0.05) is 24.3 Å². The average molecular weight is 545 g/mol. The number of ether oxygens (including phenoxy) is 2. The van der Waals surface area contributed by atoms with E-state index in [1.54, 1.807) is 37.3 Å². The Bertz CT molecular complexity index is 1660. The molecule has 198 valence electrons. The molecule has 5 rings (SSSR count). The average Bonchev–Trinajstić information content (AvgIpc) is 3.29. The summed E-state index contributed by atoms with van der Waals surface area (Å²) < 4.78 is 27.5. The molecule has 1 aromatic heterocycles. The molecule has 1 aliphatic rings. The summed E-state index contributed by atoms with van der Waals surface area (Å²) in [6.45, 7) is 4.63. The van der Waals surface area contributed by atoms with Crippen LogP contribution >= 0.6 is 11.8 Å². The van der Waals surface area contributed by atoms with Gasteiger partial charge in [-0.05, 0) is 85.3 Å². The number of thioether (sulfide) groups is 1. The number of rotatable bonds is 8. The number of amides is 2. The third-order valence-electron chi connectivity index (χ3n) is 6.41. The third kappa shape index (κ3) is 5.31. The van der Waals surface area contributed by atoms with Gasteiger partial charge < -0.3 is 14.0 Å². The quantitative estimate of drug-likeness (QED) is 0.216. The van der Waals surface area contributed by atoms with Crippen LogP contribution in [0.5, 0.6) is 11.5 Å². The van der Waals surface area contributed by atoms with Gasteiger partial charge in [-0.3, -0.25) is 19.7 Å². The lowest BCUT2D eigenvalue weighted by Gasteiger charge is -2.20. The second-order valence-electron chi connectivity index (χ2n) is 8.79. The van der Waals surface area contributed by atoms with Crippen molar-refractivity contribution in [1.29, 1.82) is 0 Å². The summed E-state index contributed by atoms with van der Waals surface area (Å²) in [5.41, 5.74) is 3.29. The van der Waals surface area contributed by atoms with Crippen molar-refractivity contribution in [2.45, 2.75) is 20.4 Å². The first-order chi connectivity index (χ1) is 18.9. The number of nitrogens with zero attached hydrogens (tertiary/aromatic N) is 1. The normalized spacial score (nSPS) is 14.4. The zero-order chi connectivity index (χ0) is 27.5. The van der Waals surface area contributed by atoms with Crippen LogP contribution in [0.4, 0.5) is 9.18 Å². The van der Waals surface area contributed by atoms with Gasteiger partial charge in [0.05, 0.1) is 16.1 Å². The summed E-state index contributed by atoms with van der Waals surface area (Å²) in [6.07, 6.45) is 0. The van der Waals surface area contributed by atoms with E-state index in [-0.39, 0.29) is 35.4 Å². The molecule has 4 aromatic rings. The Balaban J connectivity index is 1.35. The highest BCUT2D eigenvalue weighted by molar-refractivity contribution is 8.18. The monoisotopic (exact) mass is 544 g/mol. The Morgan fingerprint density at radius 3 is 2.28 bits per heavy atom. The summed E-state index contributed by atoms with van der Waals surface area (Å²) in [6, 6.07) is 20.5. The van der Waals surface area contributed by atoms with Gasteiger partial charge in [0, 0.05) is 17.5 Å². The van der Waals surface area contributed by atoms with Gasteiger partial charge >= 0.3 is 0 Å². The van der Waals surface area contributed by atoms with Crippen molar-refractivity contribution in [3.05, 3.63) is 99.3 Å². The molecule has 0 bridgehead atoms. The molecule has 0 spiro atoms. The van der Waals surface area contributed by atoms with E-state index >= 15 is 0 Å². The first kappa shape index (κ1) is 26.2. The van der Waals surface area contributed by atoms with Crippen molar-refractivity contribution in [3.63, 3.8) is 0 Å². The van der Waals surface area contributed by atoms with Crippen LogP contribution in [0.25, 0.3) is 27.7 Å². The number of pyridine rings is 1. The molecule has 1 N–H and O–H groups in total. The van der Waals surface area contributed by atoms with Crippen LogP contribution in [0.3, 0.4) is 0 Å². The SMILES string of the molecule is CCn1c(-c2ccc(F)cc2)c(OCCOc2ccc(C(C)=C3SC(=O)NC3=O)cc2)c(=O)c2ccccc21. The molecule has 1 aliphatic heterocycles. The second kappa shape index (κ2) is 11.2. The van der Waals surface area contributed by atoms with E-state index in [4.69, 9.17) is 9.47 Å². The minimum atomic E-state index is -0.393. The molecule has 39 heavy (non-hydrogen) atoms. The third-order valence-corrected chi connectivity index (χ3v) is 7.39. The summed E-state index contributed by atoms with van der Waals surface area (Å²) in [7, 11) is 0. The largest absolute Gasteiger partial charge is 0.490 e. The highest BCUT2D eigenvalue weighted by Gasteiger charge is 2.27. The minimum Gasteiger partial charge on any atom is -0.490 e. The van der Waals surface area contributed by atoms with Crippen molar-refractivity contribution in [2.75, 3.05) is 13.2 Å². The molecule has 2 amide bonds. The van der Waals surface area contributed by atoms with Crippen LogP contribution in [0, 0.1) is 5.82 Å². The molecule has 0 saturated carbocycles. The number of benzene rings is 3. The summed E-state index contributed by atoms with van der Waals surface area (Å²) in [4.78, 5) is 37.3. The van der Waals surface area contributed by atoms with E-state index in [0.717, 1.165) is 22.8 Å². The molecule has 0 aliphatic carbocycles. The van der Waals surface area contributed by atoms with Gasteiger partial charge in [-0.15, -0.1) is 0 Å². The number of carbonyl (C=O) groups is 2.